The molecule has 0 aliphatic carbocycles. The Labute approximate surface area is 208 Å². The Balaban J connectivity index is 1.79. The molecule has 1 N–H and O–H groups in total. The molecule has 34 heavy (non-hydrogen) atoms. The zero-order valence-electron chi connectivity index (χ0n) is 19.3. The zero-order valence-corrected chi connectivity index (χ0v) is 20.9. The summed E-state index contributed by atoms with van der Waals surface area (Å²) in [7, 11) is 1.65. The number of hydrogen-bond donors (Lipinski definition) is 1. The van der Waals surface area contributed by atoms with E-state index in [2.05, 4.69) is 29.8 Å². The molecule has 1 amide bonds. The fourth-order valence-corrected chi connectivity index (χ4v) is 6.09. The molecule has 0 spiro atoms. The van der Waals surface area contributed by atoms with Crippen LogP contribution in [0.4, 0.5) is 17.1 Å². The van der Waals surface area contributed by atoms with Crippen LogP contribution in [0.15, 0.2) is 68.9 Å². The number of ether oxygens (including phenoxy) is 1. The highest BCUT2D eigenvalue weighted by Gasteiger charge is 2.39. The third-order valence-electron chi connectivity index (χ3n) is 5.30. The Hall–Kier alpha value is -3.35. The number of carbonyl (C=O) groups is 1. The fraction of sp³-hybridized carbons (Fsp3) is 0.240. The lowest BCUT2D eigenvalue weighted by molar-refractivity contribution is -0.121. The van der Waals surface area contributed by atoms with Gasteiger partial charge in [0.1, 0.15) is 15.7 Å². The van der Waals surface area contributed by atoms with Crippen LogP contribution in [-0.4, -0.2) is 42.7 Å². The first-order valence-electron chi connectivity index (χ1n) is 10.9. The van der Waals surface area contributed by atoms with Crippen LogP contribution in [0.25, 0.3) is 0 Å². The number of anilines is 2. The second-order valence-electron chi connectivity index (χ2n) is 7.39. The lowest BCUT2D eigenvalue weighted by atomic mass is 10.2. The Morgan fingerprint density at radius 2 is 2.03 bits per heavy atom. The average molecular weight is 492 g/mol. The summed E-state index contributed by atoms with van der Waals surface area (Å²) in [5, 5.41) is 14.1. The monoisotopic (exact) mass is 491 g/mol. The summed E-state index contributed by atoms with van der Waals surface area (Å²) in [6.07, 6.45) is 1.69. The van der Waals surface area contributed by atoms with Crippen LogP contribution in [0.3, 0.4) is 0 Å². The molecule has 2 aromatic rings. The lowest BCUT2D eigenvalue weighted by Crippen LogP contribution is -2.30. The second kappa shape index (κ2) is 10.3. The number of fused-ring (bicyclic) bond motifs is 1. The summed E-state index contributed by atoms with van der Waals surface area (Å²) in [5.41, 5.74) is 2.97. The van der Waals surface area contributed by atoms with E-state index in [0.717, 1.165) is 27.0 Å². The van der Waals surface area contributed by atoms with Crippen molar-refractivity contribution in [2.45, 2.75) is 18.7 Å². The number of hydrogen-bond acceptors (Lipinski definition) is 8. The van der Waals surface area contributed by atoms with Crippen LogP contribution in [0.5, 0.6) is 5.75 Å². The number of benzene rings is 2. The molecule has 0 aromatic heterocycles. The molecule has 4 rings (SSSR count). The molecule has 0 radical (unpaired) electrons. The van der Waals surface area contributed by atoms with Gasteiger partial charge < -0.3 is 15.0 Å². The normalized spacial score (nSPS) is 18.3. The van der Waals surface area contributed by atoms with Crippen LogP contribution in [0.1, 0.15) is 19.4 Å². The molecular formula is C25H25N5O2S2. The van der Waals surface area contributed by atoms with Crippen molar-refractivity contribution >= 4 is 51.7 Å². The summed E-state index contributed by atoms with van der Waals surface area (Å²) < 4.78 is 5.41. The van der Waals surface area contributed by atoms with Gasteiger partial charge in [-0.25, -0.2) is 4.99 Å². The van der Waals surface area contributed by atoms with Crippen LogP contribution < -0.4 is 15.0 Å². The van der Waals surface area contributed by atoms with Gasteiger partial charge >= 0.3 is 0 Å². The predicted octanol–water partition coefficient (Wildman–Crippen LogP) is 5.55. The predicted molar refractivity (Wildman–Crippen MR) is 141 cm³/mol. The molecule has 2 aliphatic heterocycles. The summed E-state index contributed by atoms with van der Waals surface area (Å²) in [5.74, 6) is 0.670. The maximum absolute atomic E-state index is 13.5. The van der Waals surface area contributed by atoms with Gasteiger partial charge in [-0.2, -0.15) is 5.26 Å². The minimum absolute atomic E-state index is 0.106. The van der Waals surface area contributed by atoms with Gasteiger partial charge in [-0.1, -0.05) is 17.8 Å². The molecule has 2 aliphatic rings. The van der Waals surface area contributed by atoms with Crippen molar-refractivity contribution in [3.05, 3.63) is 64.6 Å². The first kappa shape index (κ1) is 23.8. The van der Waals surface area contributed by atoms with E-state index in [0.29, 0.717) is 41.0 Å². The highest BCUT2D eigenvalue weighted by molar-refractivity contribution is 8.19. The standard InChI is InChI=1S/C25H25N5O2S2/c1-5-12-30-23(31)22(24-29(7-3)20-14-17(32-4)9-11-21(20)33-24)34-25(30)28-19-13-16(15-26)8-10-18(19)27-6-2/h5,8-11,13-14,27H,1,6-7,12H2,2-4H3/b24-22-,28-25?. The van der Waals surface area contributed by atoms with Crippen molar-refractivity contribution in [1.29, 1.82) is 5.26 Å². The van der Waals surface area contributed by atoms with Gasteiger partial charge in [-0.15, -0.1) is 6.58 Å². The van der Waals surface area contributed by atoms with Gasteiger partial charge in [0.25, 0.3) is 5.91 Å². The quantitative estimate of drug-likeness (QED) is 0.402. The molecule has 1 saturated heterocycles. The number of thioether (sulfide) groups is 2. The number of nitrogens with one attached hydrogen (secondary N) is 1. The minimum Gasteiger partial charge on any atom is -0.497 e. The Morgan fingerprint density at radius 3 is 2.71 bits per heavy atom. The molecule has 174 valence electrons. The van der Waals surface area contributed by atoms with Crippen LogP contribution in [-0.2, 0) is 4.79 Å². The number of methoxy groups -OCH3 is 1. The van der Waals surface area contributed by atoms with Crippen molar-refractivity contribution < 1.29 is 9.53 Å². The fourth-order valence-electron chi connectivity index (χ4n) is 3.72. The topological polar surface area (TPSA) is 81.0 Å². The molecule has 7 nitrogen and oxygen atoms in total. The minimum atomic E-state index is -0.106. The molecule has 0 bridgehead atoms. The van der Waals surface area contributed by atoms with E-state index in [1.165, 1.54) is 11.8 Å². The number of aliphatic imine (C=N–C) groups is 1. The molecule has 0 atom stereocenters. The van der Waals surface area contributed by atoms with Crippen molar-refractivity contribution in [1.82, 2.24) is 4.90 Å². The highest BCUT2D eigenvalue weighted by atomic mass is 32.2. The van der Waals surface area contributed by atoms with Crippen molar-refractivity contribution in [2.75, 3.05) is 37.0 Å². The Bertz CT molecular complexity index is 1250. The summed E-state index contributed by atoms with van der Waals surface area (Å²) in [6.45, 7) is 9.65. The maximum atomic E-state index is 13.5. The van der Waals surface area contributed by atoms with E-state index in [9.17, 15) is 10.1 Å². The third-order valence-corrected chi connectivity index (χ3v) is 7.68. The number of nitriles is 1. The maximum Gasteiger partial charge on any atom is 0.269 e. The Kier molecular flexibility index (Phi) is 7.20. The lowest BCUT2D eigenvalue weighted by Gasteiger charge is -2.19. The van der Waals surface area contributed by atoms with Crippen LogP contribution in [0, 0.1) is 11.3 Å². The SMILES string of the molecule is C=CCN1C(=O)/C(=C2/Sc3ccc(OC)cc3N2CC)SC1=Nc1cc(C#N)ccc1NCC. The first-order chi connectivity index (χ1) is 16.5. The average Bonchev–Trinajstić information content (AvgIpc) is 3.37. The molecule has 0 saturated carbocycles. The summed E-state index contributed by atoms with van der Waals surface area (Å²) in [4.78, 5) is 23.8. The van der Waals surface area contributed by atoms with E-state index >= 15 is 0 Å². The number of amidine groups is 1. The van der Waals surface area contributed by atoms with E-state index in [1.54, 1.807) is 42.0 Å². The highest BCUT2D eigenvalue weighted by Crippen LogP contribution is 2.51. The molecule has 1 fully saturated rings. The Morgan fingerprint density at radius 1 is 1.21 bits per heavy atom. The van der Waals surface area contributed by atoms with Crippen LogP contribution >= 0.6 is 23.5 Å². The van der Waals surface area contributed by atoms with Gasteiger partial charge in [0.05, 0.1) is 35.8 Å². The van der Waals surface area contributed by atoms with Gasteiger partial charge in [0.2, 0.25) is 0 Å². The van der Waals surface area contributed by atoms with E-state index in [-0.39, 0.29) is 5.91 Å². The van der Waals surface area contributed by atoms with E-state index in [1.807, 2.05) is 31.2 Å². The number of nitrogens with zero attached hydrogens (tertiary/aromatic N) is 4. The van der Waals surface area contributed by atoms with Crippen molar-refractivity contribution in [3.8, 4) is 11.8 Å². The summed E-state index contributed by atoms with van der Waals surface area (Å²) >= 11 is 2.93. The third kappa shape index (κ3) is 4.39. The first-order valence-corrected chi connectivity index (χ1v) is 12.5. The van der Waals surface area contributed by atoms with Crippen molar-refractivity contribution in [3.63, 3.8) is 0 Å². The van der Waals surface area contributed by atoms with Gasteiger partial charge in [0.15, 0.2) is 5.17 Å². The zero-order chi connectivity index (χ0) is 24.2. The van der Waals surface area contributed by atoms with E-state index in [4.69, 9.17) is 9.73 Å². The van der Waals surface area contributed by atoms with Gasteiger partial charge in [-0.05, 0) is 55.9 Å². The second-order valence-corrected chi connectivity index (χ2v) is 9.40. The smallest absolute Gasteiger partial charge is 0.269 e. The van der Waals surface area contributed by atoms with Gasteiger partial charge in [0, 0.05) is 30.6 Å². The number of carbonyl (C=O) groups excluding carboxylic acids is 1. The molecular weight excluding hydrogens is 466 g/mol. The molecule has 2 aromatic carbocycles. The largest absolute Gasteiger partial charge is 0.497 e. The van der Waals surface area contributed by atoms with Crippen molar-refractivity contribution in [2.24, 2.45) is 4.99 Å². The number of amides is 1. The molecule has 9 heteroatoms. The van der Waals surface area contributed by atoms with E-state index < -0.39 is 0 Å². The van der Waals surface area contributed by atoms with Gasteiger partial charge in [-0.3, -0.25) is 9.69 Å². The molecule has 0 unspecified atom stereocenters. The summed E-state index contributed by atoms with van der Waals surface area (Å²) in [6, 6.07) is 13.4. The number of rotatable bonds is 7. The molecule has 2 heterocycles. The van der Waals surface area contributed by atoms with Crippen LogP contribution in [0.2, 0.25) is 0 Å².